The van der Waals surface area contributed by atoms with Crippen LogP contribution in [0.15, 0.2) is 12.4 Å². The highest BCUT2D eigenvalue weighted by Crippen LogP contribution is 2.26. The number of aromatic nitrogens is 3. The lowest BCUT2D eigenvalue weighted by molar-refractivity contribution is 0.864. The normalized spacial score (nSPS) is 9.52. The first-order chi connectivity index (χ1) is 10.1. The molecule has 2 rings (SSSR count). The van der Waals surface area contributed by atoms with Crippen LogP contribution in [0.5, 0.6) is 0 Å². The summed E-state index contributed by atoms with van der Waals surface area (Å²) in [6.07, 6.45) is 9.57. The van der Waals surface area contributed by atoms with Gasteiger partial charge in [-0.1, -0.05) is 13.8 Å². The van der Waals surface area contributed by atoms with Crippen LogP contribution in [0.1, 0.15) is 30.2 Å². The van der Waals surface area contributed by atoms with Gasteiger partial charge in [0.1, 0.15) is 0 Å². The SMILES string of the molecule is C#CCCN(C)c1ncc(-c2nc(C)sc2C)cn1.CC. The Bertz CT molecular complexity index is 596. The van der Waals surface area contributed by atoms with Crippen LogP contribution < -0.4 is 4.90 Å². The van der Waals surface area contributed by atoms with Crippen molar-refractivity contribution in [3.05, 3.63) is 22.3 Å². The topological polar surface area (TPSA) is 41.9 Å². The van der Waals surface area contributed by atoms with Crippen molar-refractivity contribution in [1.82, 2.24) is 15.0 Å². The Balaban J connectivity index is 0.00000106. The second-order valence-electron chi connectivity index (χ2n) is 4.29. The molecule has 0 radical (unpaired) electrons. The van der Waals surface area contributed by atoms with E-state index in [2.05, 4.69) is 27.8 Å². The Kier molecular flexibility index (Phi) is 6.83. The second-order valence-corrected chi connectivity index (χ2v) is 5.69. The number of anilines is 1. The summed E-state index contributed by atoms with van der Waals surface area (Å²) in [6.45, 7) is 8.82. The molecule has 112 valence electrons. The van der Waals surface area contributed by atoms with Gasteiger partial charge >= 0.3 is 0 Å². The minimum Gasteiger partial charge on any atom is -0.343 e. The predicted octanol–water partition coefficient (Wildman–Crippen LogP) is 3.70. The molecule has 0 fully saturated rings. The lowest BCUT2D eigenvalue weighted by atomic mass is 10.2. The third kappa shape index (κ3) is 4.54. The van der Waals surface area contributed by atoms with E-state index >= 15 is 0 Å². The highest BCUT2D eigenvalue weighted by molar-refractivity contribution is 7.11. The average molecular weight is 302 g/mol. The molecule has 2 heterocycles. The fraction of sp³-hybridized carbons (Fsp3) is 0.438. The molecule has 0 unspecified atom stereocenters. The van der Waals surface area contributed by atoms with Crippen molar-refractivity contribution in [2.75, 3.05) is 18.5 Å². The summed E-state index contributed by atoms with van der Waals surface area (Å²) in [5.41, 5.74) is 1.93. The number of hydrogen-bond acceptors (Lipinski definition) is 5. The smallest absolute Gasteiger partial charge is 0.225 e. The summed E-state index contributed by atoms with van der Waals surface area (Å²) in [6, 6.07) is 0. The average Bonchev–Trinajstić information content (AvgIpc) is 2.85. The van der Waals surface area contributed by atoms with Crippen LogP contribution in [-0.4, -0.2) is 28.5 Å². The molecule has 0 aliphatic carbocycles. The van der Waals surface area contributed by atoms with E-state index in [1.54, 1.807) is 11.3 Å². The van der Waals surface area contributed by atoms with Gasteiger partial charge in [-0.05, 0) is 13.8 Å². The van der Waals surface area contributed by atoms with Crippen LogP contribution in [-0.2, 0) is 0 Å². The van der Waals surface area contributed by atoms with Gasteiger partial charge < -0.3 is 4.90 Å². The van der Waals surface area contributed by atoms with Crippen LogP contribution in [0.3, 0.4) is 0 Å². The van der Waals surface area contributed by atoms with Gasteiger partial charge in [-0.15, -0.1) is 23.7 Å². The maximum atomic E-state index is 5.25. The zero-order valence-corrected chi connectivity index (χ0v) is 14.2. The zero-order chi connectivity index (χ0) is 15.8. The molecule has 0 bridgehead atoms. The van der Waals surface area contributed by atoms with Gasteiger partial charge in [0.05, 0.1) is 10.7 Å². The van der Waals surface area contributed by atoms with Gasteiger partial charge in [0, 0.05) is 42.8 Å². The van der Waals surface area contributed by atoms with E-state index in [1.165, 1.54) is 4.88 Å². The van der Waals surface area contributed by atoms with Crippen molar-refractivity contribution < 1.29 is 0 Å². The first kappa shape index (κ1) is 17.1. The van der Waals surface area contributed by atoms with E-state index in [4.69, 9.17) is 6.42 Å². The summed E-state index contributed by atoms with van der Waals surface area (Å²) in [5, 5.41) is 1.06. The Morgan fingerprint density at radius 2 is 1.86 bits per heavy atom. The number of thiazole rings is 1. The first-order valence-electron chi connectivity index (χ1n) is 7.03. The minimum atomic E-state index is 0.684. The van der Waals surface area contributed by atoms with Crippen LogP contribution in [0.2, 0.25) is 0 Å². The van der Waals surface area contributed by atoms with E-state index in [9.17, 15) is 0 Å². The molecule has 0 atom stereocenters. The Hall–Kier alpha value is -1.93. The van der Waals surface area contributed by atoms with Gasteiger partial charge in [0.25, 0.3) is 0 Å². The number of rotatable bonds is 4. The standard InChI is InChI=1S/C14H16N4S.C2H6/c1-5-6-7-18(4)14-15-8-12(9-16-14)13-10(2)19-11(3)17-13;1-2/h1,8-9H,6-7H2,2-4H3;1-2H3. The first-order valence-corrected chi connectivity index (χ1v) is 7.84. The largest absolute Gasteiger partial charge is 0.343 e. The summed E-state index contributed by atoms with van der Waals surface area (Å²) >= 11 is 1.69. The summed E-state index contributed by atoms with van der Waals surface area (Å²) in [4.78, 5) is 16.4. The summed E-state index contributed by atoms with van der Waals surface area (Å²) in [7, 11) is 1.94. The van der Waals surface area contributed by atoms with E-state index in [0.717, 1.165) is 22.8 Å². The van der Waals surface area contributed by atoms with Gasteiger partial charge in [-0.2, -0.15) is 0 Å². The molecule has 2 aromatic heterocycles. The molecular weight excluding hydrogens is 280 g/mol. The number of nitrogens with zero attached hydrogens (tertiary/aromatic N) is 4. The molecule has 0 aliphatic rings. The third-order valence-electron chi connectivity index (χ3n) is 2.75. The van der Waals surface area contributed by atoms with Crippen LogP contribution in [0.25, 0.3) is 11.3 Å². The molecule has 0 aliphatic heterocycles. The molecular formula is C16H22N4S. The molecule has 0 amide bonds. The molecule has 0 aromatic carbocycles. The molecule has 21 heavy (non-hydrogen) atoms. The van der Waals surface area contributed by atoms with E-state index in [0.29, 0.717) is 12.4 Å². The third-order valence-corrected chi connectivity index (χ3v) is 3.63. The van der Waals surface area contributed by atoms with Gasteiger partial charge in [0.15, 0.2) is 0 Å². The highest BCUT2D eigenvalue weighted by Gasteiger charge is 2.09. The van der Waals surface area contributed by atoms with E-state index in [1.807, 2.05) is 45.1 Å². The molecule has 4 nitrogen and oxygen atoms in total. The van der Waals surface area contributed by atoms with Crippen molar-refractivity contribution in [3.63, 3.8) is 0 Å². The highest BCUT2D eigenvalue weighted by atomic mass is 32.1. The fourth-order valence-corrected chi connectivity index (χ4v) is 2.61. The maximum Gasteiger partial charge on any atom is 0.225 e. The van der Waals surface area contributed by atoms with Crippen molar-refractivity contribution in [2.24, 2.45) is 0 Å². The lowest BCUT2D eigenvalue weighted by Gasteiger charge is -2.15. The fourth-order valence-electron chi connectivity index (χ4n) is 1.77. The van der Waals surface area contributed by atoms with Crippen molar-refractivity contribution in [2.45, 2.75) is 34.1 Å². The molecule has 0 N–H and O–H groups in total. The number of terminal acetylenes is 1. The molecule has 0 saturated heterocycles. The zero-order valence-electron chi connectivity index (χ0n) is 13.3. The van der Waals surface area contributed by atoms with Gasteiger partial charge in [-0.25, -0.2) is 15.0 Å². The Labute approximate surface area is 131 Å². The van der Waals surface area contributed by atoms with Gasteiger partial charge in [0.2, 0.25) is 5.95 Å². The van der Waals surface area contributed by atoms with Crippen molar-refractivity contribution in [3.8, 4) is 23.6 Å². The summed E-state index contributed by atoms with van der Waals surface area (Å²) < 4.78 is 0. The second kappa shape index (κ2) is 8.38. The number of hydrogen-bond donors (Lipinski definition) is 0. The van der Waals surface area contributed by atoms with Crippen LogP contribution in [0.4, 0.5) is 5.95 Å². The van der Waals surface area contributed by atoms with Crippen LogP contribution >= 0.6 is 11.3 Å². The molecule has 5 heteroatoms. The lowest BCUT2D eigenvalue weighted by Crippen LogP contribution is -2.20. The van der Waals surface area contributed by atoms with Crippen molar-refractivity contribution in [1.29, 1.82) is 0 Å². The summed E-state index contributed by atoms with van der Waals surface area (Å²) in [5.74, 6) is 3.29. The quantitative estimate of drug-likeness (QED) is 0.808. The maximum absolute atomic E-state index is 5.25. The van der Waals surface area contributed by atoms with E-state index in [-0.39, 0.29) is 0 Å². The molecule has 2 aromatic rings. The molecule has 0 spiro atoms. The Morgan fingerprint density at radius 3 is 2.33 bits per heavy atom. The predicted molar refractivity (Wildman–Crippen MR) is 90.7 cm³/mol. The Morgan fingerprint density at radius 1 is 1.24 bits per heavy atom. The van der Waals surface area contributed by atoms with Crippen LogP contribution in [0, 0.1) is 26.2 Å². The van der Waals surface area contributed by atoms with E-state index < -0.39 is 0 Å². The monoisotopic (exact) mass is 302 g/mol. The van der Waals surface area contributed by atoms with Crippen molar-refractivity contribution >= 4 is 17.3 Å². The van der Waals surface area contributed by atoms with Gasteiger partial charge in [-0.3, -0.25) is 0 Å². The number of aryl methyl sites for hydroxylation is 2. The minimum absolute atomic E-state index is 0.684. The molecule has 0 saturated carbocycles.